The van der Waals surface area contributed by atoms with Gasteiger partial charge in [0.15, 0.2) is 11.5 Å². The number of nitrogens with zero attached hydrogens (tertiary/aromatic N) is 1. The van der Waals surface area contributed by atoms with Gasteiger partial charge < -0.3 is 15.2 Å². The monoisotopic (exact) mass is 453 g/mol. The Bertz CT molecular complexity index is 819. The summed E-state index contributed by atoms with van der Waals surface area (Å²) < 4.78 is 5.61. The van der Waals surface area contributed by atoms with Crippen molar-refractivity contribution in [3.8, 4) is 11.5 Å². The molecule has 0 unspecified atom stereocenters. The predicted molar refractivity (Wildman–Crippen MR) is 103 cm³/mol. The third kappa shape index (κ3) is 5.18. The fourth-order valence-electron chi connectivity index (χ4n) is 1.86. The van der Waals surface area contributed by atoms with Gasteiger partial charge in [-0.3, -0.25) is 9.59 Å². The van der Waals surface area contributed by atoms with Crippen LogP contribution in [0.2, 0.25) is 0 Å². The first-order valence-electron chi connectivity index (χ1n) is 7.18. The summed E-state index contributed by atoms with van der Waals surface area (Å²) in [7, 11) is 1.43. The van der Waals surface area contributed by atoms with E-state index in [1.807, 2.05) is 41.6 Å². The van der Waals surface area contributed by atoms with Crippen LogP contribution in [-0.2, 0) is 9.59 Å². The average molecular weight is 453 g/mol. The maximum Gasteiger partial charge on any atom is 0.329 e. The Balaban J connectivity index is 1.97. The van der Waals surface area contributed by atoms with Crippen molar-refractivity contribution in [2.75, 3.05) is 12.4 Å². The van der Waals surface area contributed by atoms with Crippen molar-refractivity contribution < 1.29 is 19.4 Å². The van der Waals surface area contributed by atoms with Gasteiger partial charge >= 0.3 is 11.8 Å². The number of amides is 2. The molecular weight excluding hydrogens is 437 g/mol. The first-order valence-corrected chi connectivity index (χ1v) is 8.26. The number of carbonyl (C=O) groups is 2. The van der Waals surface area contributed by atoms with Gasteiger partial charge in [-0.15, -0.1) is 0 Å². The van der Waals surface area contributed by atoms with E-state index in [4.69, 9.17) is 4.74 Å². The number of halogens is 1. The van der Waals surface area contributed by atoms with Gasteiger partial charge in [-0.05, 0) is 59.3 Å². The van der Waals surface area contributed by atoms with Crippen molar-refractivity contribution in [3.05, 3.63) is 51.1 Å². The summed E-state index contributed by atoms with van der Waals surface area (Å²) in [5.41, 5.74) is 4.31. The summed E-state index contributed by atoms with van der Waals surface area (Å²) in [5, 5.41) is 16.0. The second kappa shape index (κ2) is 8.47. The summed E-state index contributed by atoms with van der Waals surface area (Å²) in [6, 6.07) is 10.3. The van der Waals surface area contributed by atoms with Gasteiger partial charge in [-0.1, -0.05) is 17.7 Å². The van der Waals surface area contributed by atoms with Crippen LogP contribution in [0.1, 0.15) is 11.1 Å². The zero-order chi connectivity index (χ0) is 18.4. The minimum atomic E-state index is -0.891. The van der Waals surface area contributed by atoms with Crippen molar-refractivity contribution in [1.29, 1.82) is 0 Å². The quantitative estimate of drug-likeness (QED) is 0.287. The highest BCUT2D eigenvalue weighted by Gasteiger charge is 2.13. The van der Waals surface area contributed by atoms with E-state index >= 15 is 0 Å². The standard InChI is InChI=1S/C17H16IN3O4/c1-10-3-5-12(6-4-10)20-16(23)17(24)21-19-9-11-7-13(18)15(22)14(8-11)25-2/h3-9,22H,1-2H3,(H,20,23)(H,21,24)/b19-9-. The molecule has 0 saturated heterocycles. The molecule has 0 heterocycles. The van der Waals surface area contributed by atoms with Gasteiger partial charge in [-0.25, -0.2) is 5.43 Å². The number of nitrogens with one attached hydrogen (secondary N) is 2. The SMILES string of the molecule is COc1cc(/C=N\NC(=O)C(=O)Nc2ccc(C)cc2)cc(I)c1O. The number of aromatic hydroxyl groups is 1. The molecule has 3 N–H and O–H groups in total. The third-order valence-electron chi connectivity index (χ3n) is 3.17. The second-order valence-electron chi connectivity index (χ2n) is 5.07. The number of ether oxygens (including phenoxy) is 1. The van der Waals surface area contributed by atoms with Crippen LogP contribution >= 0.6 is 22.6 Å². The Morgan fingerprint density at radius 2 is 1.88 bits per heavy atom. The summed E-state index contributed by atoms with van der Waals surface area (Å²) >= 11 is 1.95. The highest BCUT2D eigenvalue weighted by Crippen LogP contribution is 2.31. The molecule has 7 nitrogen and oxygen atoms in total. The number of rotatable bonds is 4. The molecular formula is C17H16IN3O4. The van der Waals surface area contributed by atoms with Crippen LogP contribution in [0.4, 0.5) is 5.69 Å². The lowest BCUT2D eigenvalue weighted by Gasteiger charge is -2.06. The van der Waals surface area contributed by atoms with E-state index in [2.05, 4.69) is 15.8 Å². The minimum absolute atomic E-state index is 0.0294. The number of hydrogen-bond donors (Lipinski definition) is 3. The van der Waals surface area contributed by atoms with Crippen LogP contribution < -0.4 is 15.5 Å². The third-order valence-corrected chi connectivity index (χ3v) is 3.99. The van der Waals surface area contributed by atoms with Gasteiger partial charge in [0.25, 0.3) is 0 Å². The van der Waals surface area contributed by atoms with Crippen LogP contribution in [0.25, 0.3) is 0 Å². The molecule has 0 saturated carbocycles. The Morgan fingerprint density at radius 3 is 2.52 bits per heavy atom. The lowest BCUT2D eigenvalue weighted by molar-refractivity contribution is -0.136. The zero-order valence-corrected chi connectivity index (χ0v) is 15.7. The van der Waals surface area contributed by atoms with Gasteiger partial charge in [0.2, 0.25) is 0 Å². The molecule has 2 aromatic carbocycles. The van der Waals surface area contributed by atoms with E-state index < -0.39 is 11.8 Å². The van der Waals surface area contributed by atoms with Crippen molar-refractivity contribution in [2.45, 2.75) is 6.92 Å². The molecule has 25 heavy (non-hydrogen) atoms. The first kappa shape index (κ1) is 18.7. The largest absolute Gasteiger partial charge is 0.504 e. The minimum Gasteiger partial charge on any atom is -0.504 e. The predicted octanol–water partition coefficient (Wildman–Crippen LogP) is 2.40. The molecule has 0 spiro atoms. The highest BCUT2D eigenvalue weighted by atomic mass is 127. The van der Waals surface area contributed by atoms with E-state index in [1.54, 1.807) is 24.3 Å². The van der Waals surface area contributed by atoms with E-state index in [0.29, 0.717) is 14.8 Å². The van der Waals surface area contributed by atoms with Gasteiger partial charge in [-0.2, -0.15) is 5.10 Å². The normalized spacial score (nSPS) is 10.5. The summed E-state index contributed by atoms with van der Waals surface area (Å²) in [5.74, 6) is -1.39. The zero-order valence-electron chi connectivity index (χ0n) is 13.5. The fraction of sp³-hybridized carbons (Fsp3) is 0.118. The van der Waals surface area contributed by atoms with Crippen LogP contribution in [-0.4, -0.2) is 30.2 Å². The fourth-order valence-corrected chi connectivity index (χ4v) is 2.49. The van der Waals surface area contributed by atoms with Crippen molar-refractivity contribution in [3.63, 3.8) is 0 Å². The van der Waals surface area contributed by atoms with E-state index in [1.165, 1.54) is 13.3 Å². The van der Waals surface area contributed by atoms with Crippen LogP contribution in [0.15, 0.2) is 41.5 Å². The number of benzene rings is 2. The summed E-state index contributed by atoms with van der Waals surface area (Å²) in [4.78, 5) is 23.5. The number of phenolic OH excluding ortho intramolecular Hbond substituents is 1. The maximum atomic E-state index is 11.8. The average Bonchev–Trinajstić information content (AvgIpc) is 2.59. The topological polar surface area (TPSA) is 100 Å². The van der Waals surface area contributed by atoms with E-state index in [9.17, 15) is 14.7 Å². The van der Waals surface area contributed by atoms with Crippen molar-refractivity contribution in [1.82, 2.24) is 5.43 Å². The number of hydrogen-bond acceptors (Lipinski definition) is 5. The Kier molecular flexibility index (Phi) is 6.34. The molecule has 0 radical (unpaired) electrons. The molecule has 0 bridgehead atoms. The summed E-state index contributed by atoms with van der Waals surface area (Å²) in [6.07, 6.45) is 1.35. The Morgan fingerprint density at radius 1 is 1.20 bits per heavy atom. The molecule has 2 amide bonds. The smallest absolute Gasteiger partial charge is 0.329 e. The van der Waals surface area contributed by atoms with Crippen molar-refractivity contribution >= 4 is 46.3 Å². The lowest BCUT2D eigenvalue weighted by atomic mass is 10.2. The second-order valence-corrected chi connectivity index (χ2v) is 6.24. The van der Waals surface area contributed by atoms with Gasteiger partial charge in [0.1, 0.15) is 0 Å². The number of hydrazone groups is 1. The molecule has 2 aromatic rings. The highest BCUT2D eigenvalue weighted by molar-refractivity contribution is 14.1. The van der Waals surface area contributed by atoms with Gasteiger partial charge in [0, 0.05) is 5.69 Å². The van der Waals surface area contributed by atoms with Gasteiger partial charge in [0.05, 0.1) is 16.9 Å². The molecule has 0 aliphatic rings. The molecule has 0 aliphatic heterocycles. The number of methoxy groups -OCH3 is 1. The van der Waals surface area contributed by atoms with Crippen LogP contribution in [0.3, 0.4) is 0 Å². The van der Waals surface area contributed by atoms with E-state index in [0.717, 1.165) is 5.56 Å². The van der Waals surface area contributed by atoms with E-state index in [-0.39, 0.29) is 11.5 Å². The number of aryl methyl sites for hydroxylation is 1. The molecule has 0 fully saturated rings. The van der Waals surface area contributed by atoms with Crippen molar-refractivity contribution in [2.24, 2.45) is 5.10 Å². The Hall–Kier alpha value is -2.62. The molecule has 130 valence electrons. The first-order chi connectivity index (χ1) is 11.9. The van der Waals surface area contributed by atoms with Crippen LogP contribution in [0.5, 0.6) is 11.5 Å². The molecule has 2 rings (SSSR count). The Labute approximate surface area is 158 Å². The number of phenols is 1. The summed E-state index contributed by atoms with van der Waals surface area (Å²) in [6.45, 7) is 1.92. The number of anilines is 1. The maximum absolute atomic E-state index is 11.8. The molecule has 0 aromatic heterocycles. The molecule has 8 heteroatoms. The molecule has 0 atom stereocenters. The number of carbonyl (C=O) groups excluding carboxylic acids is 2. The van der Waals surface area contributed by atoms with Crippen LogP contribution in [0, 0.1) is 10.5 Å². The lowest BCUT2D eigenvalue weighted by Crippen LogP contribution is -2.32. The molecule has 0 aliphatic carbocycles.